The number of Topliss-reactive ketones (excluding diaryl/α,β-unsaturated/α-hetero) is 1. The van der Waals surface area contributed by atoms with E-state index in [9.17, 15) is 9.59 Å². The van der Waals surface area contributed by atoms with Gasteiger partial charge in [-0.25, -0.2) is 9.78 Å². The summed E-state index contributed by atoms with van der Waals surface area (Å²) in [6, 6.07) is 12.1. The first kappa shape index (κ1) is 15.9. The van der Waals surface area contributed by atoms with Gasteiger partial charge in [0, 0.05) is 16.5 Å². The molecule has 5 rings (SSSR count). The molecule has 8 nitrogen and oxygen atoms in total. The van der Waals surface area contributed by atoms with Crippen molar-refractivity contribution >= 4 is 28.3 Å². The molecule has 1 aliphatic carbocycles. The van der Waals surface area contributed by atoms with E-state index in [1.165, 1.54) is 11.7 Å². The third-order valence-electron chi connectivity index (χ3n) is 4.48. The molecule has 2 aromatic heterocycles. The van der Waals surface area contributed by atoms with E-state index in [0.717, 1.165) is 45.0 Å². The Kier molecular flexibility index (Phi) is 3.44. The van der Waals surface area contributed by atoms with Gasteiger partial charge in [0.1, 0.15) is 11.4 Å². The molecular formula is C18H12N5O3S+. The van der Waals surface area contributed by atoms with Crippen LogP contribution < -0.4 is 10.3 Å². The number of ketones is 1. The molecule has 2 heterocycles. The molecular weight excluding hydrogens is 366 g/mol. The molecule has 0 atom stereocenters. The summed E-state index contributed by atoms with van der Waals surface area (Å²) < 4.78 is 5.86. The average molecular weight is 378 g/mol. The monoisotopic (exact) mass is 378 g/mol. The van der Waals surface area contributed by atoms with Gasteiger partial charge >= 0.3 is 11.3 Å². The third-order valence-corrected chi connectivity index (χ3v) is 5.32. The predicted octanol–water partition coefficient (Wildman–Crippen LogP) is 1.75. The van der Waals surface area contributed by atoms with Gasteiger partial charge in [-0.1, -0.05) is 52.8 Å². The lowest BCUT2D eigenvalue weighted by Crippen LogP contribution is -2.39. The van der Waals surface area contributed by atoms with Crippen LogP contribution in [0.3, 0.4) is 0 Å². The predicted molar refractivity (Wildman–Crippen MR) is 97.3 cm³/mol. The molecule has 0 radical (unpaired) electrons. The van der Waals surface area contributed by atoms with Crippen LogP contribution >= 0.6 is 11.8 Å². The second kappa shape index (κ2) is 5.85. The SMILES string of the molecule is C[n+]1[nH]oc(=O)c1C(=O)CSc1nnc2c(n1)-c1cccc3cccc-2c13. The lowest BCUT2D eigenvalue weighted by atomic mass is 10.0. The van der Waals surface area contributed by atoms with E-state index in [0.29, 0.717) is 5.16 Å². The number of H-pyrrole nitrogens is 1. The first-order valence-corrected chi connectivity index (χ1v) is 9.13. The van der Waals surface area contributed by atoms with E-state index in [1.54, 1.807) is 0 Å². The number of hydrogen-bond donors (Lipinski definition) is 1. The maximum absolute atomic E-state index is 12.3. The number of aromatic nitrogens is 5. The maximum Gasteiger partial charge on any atom is 0.438 e. The average Bonchev–Trinajstić information content (AvgIpc) is 3.19. The molecule has 0 saturated carbocycles. The highest BCUT2D eigenvalue weighted by molar-refractivity contribution is 7.99. The topological polar surface area (TPSA) is 106 Å². The van der Waals surface area contributed by atoms with Crippen LogP contribution in [0.5, 0.6) is 0 Å². The molecule has 0 saturated heterocycles. The number of benzene rings is 2. The van der Waals surface area contributed by atoms with Crippen molar-refractivity contribution in [2.24, 2.45) is 7.05 Å². The van der Waals surface area contributed by atoms with Gasteiger partial charge < -0.3 is 0 Å². The van der Waals surface area contributed by atoms with Gasteiger partial charge in [0.2, 0.25) is 10.9 Å². The maximum atomic E-state index is 12.3. The number of carbonyl (C=O) groups is 1. The first-order valence-electron chi connectivity index (χ1n) is 8.14. The van der Waals surface area contributed by atoms with E-state index >= 15 is 0 Å². The van der Waals surface area contributed by atoms with Crippen LogP contribution in [0, 0.1) is 0 Å². The second-order valence-corrected chi connectivity index (χ2v) is 7.04. The summed E-state index contributed by atoms with van der Waals surface area (Å²) in [6.07, 6.45) is 0. The van der Waals surface area contributed by atoms with Crippen LogP contribution in [0.15, 0.2) is 50.9 Å². The molecule has 0 spiro atoms. The largest absolute Gasteiger partial charge is 0.438 e. The Labute approximate surface area is 156 Å². The van der Waals surface area contributed by atoms with Crippen molar-refractivity contribution in [3.05, 3.63) is 52.5 Å². The van der Waals surface area contributed by atoms with Gasteiger partial charge in [0.15, 0.2) is 7.05 Å². The van der Waals surface area contributed by atoms with Crippen molar-refractivity contribution < 1.29 is 14.0 Å². The summed E-state index contributed by atoms with van der Waals surface area (Å²) in [6.45, 7) is 0. The number of fused-ring (bicyclic) bond motifs is 3. The highest BCUT2D eigenvalue weighted by atomic mass is 32.2. The fourth-order valence-electron chi connectivity index (χ4n) is 3.32. The van der Waals surface area contributed by atoms with E-state index < -0.39 is 5.63 Å². The van der Waals surface area contributed by atoms with E-state index in [4.69, 9.17) is 0 Å². The van der Waals surface area contributed by atoms with Crippen LogP contribution in [0.2, 0.25) is 0 Å². The zero-order valence-corrected chi connectivity index (χ0v) is 14.9. The van der Waals surface area contributed by atoms with Crippen LogP contribution in [-0.2, 0) is 7.05 Å². The minimum absolute atomic E-state index is 0.00800. The molecule has 0 bridgehead atoms. The number of nitrogens with one attached hydrogen (secondary N) is 1. The molecule has 9 heteroatoms. The van der Waals surface area contributed by atoms with Crippen LogP contribution in [-0.4, -0.2) is 32.0 Å². The Morgan fingerprint density at radius 1 is 1.15 bits per heavy atom. The summed E-state index contributed by atoms with van der Waals surface area (Å²) in [5.74, 6) is -0.361. The van der Waals surface area contributed by atoms with Gasteiger partial charge in [-0.2, -0.15) is 0 Å². The number of aromatic amines is 1. The molecule has 1 aliphatic rings. The zero-order valence-electron chi connectivity index (χ0n) is 14.1. The molecule has 4 aromatic rings. The lowest BCUT2D eigenvalue weighted by molar-refractivity contribution is -0.741. The molecule has 0 aliphatic heterocycles. The van der Waals surface area contributed by atoms with E-state index in [1.807, 2.05) is 24.3 Å². The molecule has 1 N–H and O–H groups in total. The highest BCUT2D eigenvalue weighted by Crippen LogP contribution is 2.44. The highest BCUT2D eigenvalue weighted by Gasteiger charge is 2.28. The minimum atomic E-state index is -0.696. The Morgan fingerprint density at radius 2 is 1.89 bits per heavy atom. The summed E-state index contributed by atoms with van der Waals surface area (Å²) in [5, 5.41) is 13.4. The van der Waals surface area contributed by atoms with E-state index in [-0.39, 0.29) is 17.2 Å². The van der Waals surface area contributed by atoms with Crippen LogP contribution in [0.25, 0.3) is 33.3 Å². The molecule has 0 unspecified atom stereocenters. The van der Waals surface area contributed by atoms with E-state index in [2.05, 4.69) is 37.1 Å². The Bertz CT molecular complexity index is 1290. The zero-order chi connectivity index (χ0) is 18.5. The molecule has 27 heavy (non-hydrogen) atoms. The second-order valence-electron chi connectivity index (χ2n) is 6.10. The van der Waals surface area contributed by atoms with Gasteiger partial charge in [0.05, 0.1) is 5.75 Å². The molecule has 2 aromatic carbocycles. The minimum Gasteiger partial charge on any atom is -0.286 e. The van der Waals surface area contributed by atoms with Crippen molar-refractivity contribution in [3.8, 4) is 22.5 Å². The number of hydrogen-bond acceptors (Lipinski definition) is 7. The third kappa shape index (κ3) is 2.39. The van der Waals surface area contributed by atoms with Crippen molar-refractivity contribution in [1.29, 1.82) is 0 Å². The normalized spacial score (nSPS) is 11.7. The number of thioether (sulfide) groups is 1. The molecule has 0 amide bonds. The number of aryl methyl sites for hydroxylation is 1. The van der Waals surface area contributed by atoms with Gasteiger partial charge in [-0.15, -0.1) is 10.2 Å². The number of carbonyl (C=O) groups excluding carboxylic acids is 1. The summed E-state index contributed by atoms with van der Waals surface area (Å²) in [7, 11) is 1.54. The molecule has 0 fully saturated rings. The fourth-order valence-corrected chi connectivity index (χ4v) is 3.97. The Balaban J connectivity index is 1.47. The Morgan fingerprint density at radius 3 is 2.59 bits per heavy atom. The standard InChI is InChI=1S/C18H11N5O3S/c1-23-16(17(25)26-22-23)12(24)8-27-18-19-14-10-6-2-4-9-5-3-7-11(13(9)10)15(14)20-21-18/h2-7H,8H2,1H3/p+1. The quantitative estimate of drug-likeness (QED) is 0.288. The first-order chi connectivity index (χ1) is 13.1. The summed E-state index contributed by atoms with van der Waals surface area (Å²) in [4.78, 5) is 28.5. The Hall–Kier alpha value is -3.33. The summed E-state index contributed by atoms with van der Waals surface area (Å²) in [5.41, 5.74) is 2.79. The lowest BCUT2D eigenvalue weighted by Gasteiger charge is -2.01. The van der Waals surface area contributed by atoms with Crippen LogP contribution in [0.4, 0.5) is 0 Å². The summed E-state index contributed by atoms with van der Waals surface area (Å²) >= 11 is 1.14. The van der Waals surface area contributed by atoms with Crippen molar-refractivity contribution in [1.82, 2.24) is 20.5 Å². The van der Waals surface area contributed by atoms with Crippen molar-refractivity contribution in [2.75, 3.05) is 5.75 Å². The van der Waals surface area contributed by atoms with Crippen LogP contribution in [0.1, 0.15) is 10.5 Å². The molecule has 132 valence electrons. The fraction of sp³-hybridized carbons (Fsp3) is 0.111. The van der Waals surface area contributed by atoms with Gasteiger partial charge in [-0.05, 0) is 10.7 Å². The number of rotatable bonds is 4. The van der Waals surface area contributed by atoms with Gasteiger partial charge in [-0.3, -0.25) is 9.32 Å². The van der Waals surface area contributed by atoms with Gasteiger partial charge in [0.25, 0.3) is 0 Å². The van der Waals surface area contributed by atoms with Crippen molar-refractivity contribution in [2.45, 2.75) is 5.16 Å². The number of nitrogens with zero attached hydrogens (tertiary/aromatic N) is 4. The smallest absolute Gasteiger partial charge is 0.286 e. The van der Waals surface area contributed by atoms with Crippen molar-refractivity contribution in [3.63, 3.8) is 0 Å².